The lowest BCUT2D eigenvalue weighted by Crippen LogP contribution is -2.37. The number of pyridine rings is 1. The van der Waals surface area contributed by atoms with Gasteiger partial charge in [0.15, 0.2) is 0 Å². The van der Waals surface area contributed by atoms with E-state index in [0.717, 1.165) is 24.8 Å². The molecule has 0 spiro atoms. The third kappa shape index (κ3) is 4.31. The largest absolute Gasteiger partial charge is 0.313 e. The van der Waals surface area contributed by atoms with Gasteiger partial charge in [-0.15, -0.1) is 0 Å². The van der Waals surface area contributed by atoms with Crippen LogP contribution in [0.15, 0.2) is 24.5 Å². The van der Waals surface area contributed by atoms with Crippen molar-refractivity contribution in [2.75, 3.05) is 6.54 Å². The molecule has 1 fully saturated rings. The van der Waals surface area contributed by atoms with E-state index in [4.69, 9.17) is 0 Å². The fourth-order valence-corrected chi connectivity index (χ4v) is 3.36. The van der Waals surface area contributed by atoms with Crippen molar-refractivity contribution in [3.05, 3.63) is 30.1 Å². The molecule has 0 aliphatic heterocycles. The van der Waals surface area contributed by atoms with Crippen LogP contribution in [0, 0.1) is 11.8 Å². The van der Waals surface area contributed by atoms with E-state index in [1.54, 1.807) is 0 Å². The van der Waals surface area contributed by atoms with E-state index in [-0.39, 0.29) is 0 Å². The predicted molar refractivity (Wildman–Crippen MR) is 81.1 cm³/mol. The van der Waals surface area contributed by atoms with Gasteiger partial charge in [0.1, 0.15) is 0 Å². The van der Waals surface area contributed by atoms with Gasteiger partial charge in [-0.2, -0.15) is 0 Å². The highest BCUT2D eigenvalue weighted by atomic mass is 14.9. The van der Waals surface area contributed by atoms with E-state index in [9.17, 15) is 0 Å². The Kier molecular flexibility index (Phi) is 5.84. The number of hydrogen-bond donors (Lipinski definition) is 1. The highest BCUT2D eigenvalue weighted by Gasteiger charge is 2.29. The highest BCUT2D eigenvalue weighted by molar-refractivity contribution is 5.11. The second-order valence-electron chi connectivity index (χ2n) is 5.97. The quantitative estimate of drug-likeness (QED) is 0.806. The zero-order chi connectivity index (χ0) is 13.5. The maximum Gasteiger partial charge on any atom is 0.0300 e. The van der Waals surface area contributed by atoms with Crippen LogP contribution in [0.25, 0.3) is 0 Å². The molecule has 1 aromatic heterocycles. The van der Waals surface area contributed by atoms with E-state index in [1.165, 1.54) is 37.7 Å². The highest BCUT2D eigenvalue weighted by Crippen LogP contribution is 2.35. The molecule has 2 nitrogen and oxygen atoms in total. The minimum atomic E-state index is 0.640. The van der Waals surface area contributed by atoms with Crippen molar-refractivity contribution in [2.45, 2.75) is 58.4 Å². The van der Waals surface area contributed by atoms with E-state index in [0.29, 0.717) is 6.04 Å². The van der Waals surface area contributed by atoms with Crippen molar-refractivity contribution in [1.29, 1.82) is 0 Å². The van der Waals surface area contributed by atoms with Gasteiger partial charge in [0, 0.05) is 18.4 Å². The van der Waals surface area contributed by atoms with Gasteiger partial charge >= 0.3 is 0 Å². The van der Waals surface area contributed by atoms with Gasteiger partial charge in [0.05, 0.1) is 0 Å². The fourth-order valence-electron chi connectivity index (χ4n) is 3.36. The maximum absolute atomic E-state index is 4.25. The van der Waals surface area contributed by atoms with Crippen LogP contribution in [-0.4, -0.2) is 17.6 Å². The molecule has 1 aliphatic rings. The molecule has 1 aliphatic carbocycles. The summed E-state index contributed by atoms with van der Waals surface area (Å²) in [6, 6.07) is 4.90. The molecule has 1 saturated carbocycles. The molecule has 3 unspecified atom stereocenters. The zero-order valence-electron chi connectivity index (χ0n) is 12.4. The Labute approximate surface area is 118 Å². The maximum atomic E-state index is 4.25. The predicted octanol–water partition coefficient (Wildman–Crippen LogP) is 3.82. The summed E-state index contributed by atoms with van der Waals surface area (Å²) in [5.74, 6) is 1.82. The van der Waals surface area contributed by atoms with Gasteiger partial charge in [-0.3, -0.25) is 4.98 Å². The van der Waals surface area contributed by atoms with Gasteiger partial charge in [-0.1, -0.05) is 32.8 Å². The van der Waals surface area contributed by atoms with Gasteiger partial charge in [0.25, 0.3) is 0 Å². The third-order valence-electron chi connectivity index (χ3n) is 4.56. The van der Waals surface area contributed by atoms with Crippen molar-refractivity contribution < 1.29 is 0 Å². The van der Waals surface area contributed by atoms with Crippen molar-refractivity contribution >= 4 is 0 Å². The summed E-state index contributed by atoms with van der Waals surface area (Å²) >= 11 is 0. The average molecular weight is 260 g/mol. The Morgan fingerprint density at radius 1 is 1.37 bits per heavy atom. The summed E-state index contributed by atoms with van der Waals surface area (Å²) in [6.07, 6.45) is 11.8. The van der Waals surface area contributed by atoms with Gasteiger partial charge in [-0.25, -0.2) is 0 Å². The monoisotopic (exact) mass is 260 g/mol. The third-order valence-corrected chi connectivity index (χ3v) is 4.56. The normalized spacial score (nSPS) is 24.5. The number of aromatic nitrogens is 1. The minimum absolute atomic E-state index is 0.640. The van der Waals surface area contributed by atoms with Crippen LogP contribution >= 0.6 is 0 Å². The molecule has 1 heterocycles. The van der Waals surface area contributed by atoms with Crippen LogP contribution in [0.5, 0.6) is 0 Å². The topological polar surface area (TPSA) is 24.9 Å². The van der Waals surface area contributed by atoms with E-state index >= 15 is 0 Å². The number of nitrogens with one attached hydrogen (secondary N) is 1. The number of rotatable bonds is 7. The van der Waals surface area contributed by atoms with Crippen LogP contribution < -0.4 is 5.32 Å². The molecule has 0 radical (unpaired) electrons. The summed E-state index contributed by atoms with van der Waals surface area (Å²) in [5, 5.41) is 3.78. The smallest absolute Gasteiger partial charge is 0.0300 e. The summed E-state index contributed by atoms with van der Waals surface area (Å²) < 4.78 is 0. The first kappa shape index (κ1) is 14.5. The molecular formula is C17H28N2. The lowest BCUT2D eigenvalue weighted by molar-refractivity contribution is 0.344. The standard InChI is InChI=1S/C17H28N2/c1-3-9-19-17(12-15-6-5-10-18-13-15)16-8-7-14(4-2)11-16/h5-6,10,13-14,16-17,19H,3-4,7-9,11-12H2,1-2H3. The van der Waals surface area contributed by atoms with Gasteiger partial charge in [0.2, 0.25) is 0 Å². The van der Waals surface area contributed by atoms with Gasteiger partial charge in [-0.05, 0) is 55.7 Å². The van der Waals surface area contributed by atoms with Crippen LogP contribution in [0.2, 0.25) is 0 Å². The molecule has 0 amide bonds. The summed E-state index contributed by atoms with van der Waals surface area (Å²) in [6.45, 7) is 5.72. The Morgan fingerprint density at radius 2 is 2.26 bits per heavy atom. The molecule has 2 heteroatoms. The van der Waals surface area contributed by atoms with Crippen LogP contribution in [-0.2, 0) is 6.42 Å². The Hall–Kier alpha value is -0.890. The van der Waals surface area contributed by atoms with Crippen molar-refractivity contribution in [1.82, 2.24) is 10.3 Å². The molecule has 106 valence electrons. The molecule has 1 aromatic rings. The van der Waals surface area contributed by atoms with E-state index < -0.39 is 0 Å². The zero-order valence-corrected chi connectivity index (χ0v) is 12.4. The van der Waals surface area contributed by atoms with E-state index in [2.05, 4.69) is 36.3 Å². The van der Waals surface area contributed by atoms with Crippen LogP contribution in [0.4, 0.5) is 0 Å². The average Bonchev–Trinajstić information content (AvgIpc) is 2.93. The Balaban J connectivity index is 1.95. The molecule has 19 heavy (non-hydrogen) atoms. The Morgan fingerprint density at radius 3 is 2.89 bits per heavy atom. The second-order valence-corrected chi connectivity index (χ2v) is 5.97. The first-order chi connectivity index (χ1) is 9.33. The molecule has 0 saturated heterocycles. The van der Waals surface area contributed by atoms with Crippen molar-refractivity contribution in [3.63, 3.8) is 0 Å². The van der Waals surface area contributed by atoms with Crippen LogP contribution in [0.3, 0.4) is 0 Å². The molecule has 0 bridgehead atoms. The van der Waals surface area contributed by atoms with Gasteiger partial charge < -0.3 is 5.32 Å². The molecular weight excluding hydrogens is 232 g/mol. The first-order valence-electron chi connectivity index (χ1n) is 7.95. The van der Waals surface area contributed by atoms with Crippen molar-refractivity contribution in [2.24, 2.45) is 11.8 Å². The molecule has 2 rings (SSSR count). The second kappa shape index (κ2) is 7.64. The first-order valence-corrected chi connectivity index (χ1v) is 7.95. The van der Waals surface area contributed by atoms with Crippen LogP contribution in [0.1, 0.15) is 51.5 Å². The fraction of sp³-hybridized carbons (Fsp3) is 0.706. The van der Waals surface area contributed by atoms with E-state index in [1.807, 2.05) is 12.4 Å². The SMILES string of the molecule is CCCNC(Cc1cccnc1)C1CCC(CC)C1. The summed E-state index contributed by atoms with van der Waals surface area (Å²) in [5.41, 5.74) is 1.37. The number of hydrogen-bond acceptors (Lipinski definition) is 2. The Bertz CT molecular complexity index is 350. The summed E-state index contributed by atoms with van der Waals surface area (Å²) in [4.78, 5) is 4.25. The number of nitrogens with zero attached hydrogens (tertiary/aromatic N) is 1. The lowest BCUT2D eigenvalue weighted by atomic mass is 9.91. The lowest BCUT2D eigenvalue weighted by Gasteiger charge is -2.25. The minimum Gasteiger partial charge on any atom is -0.313 e. The summed E-state index contributed by atoms with van der Waals surface area (Å²) in [7, 11) is 0. The molecule has 0 aromatic carbocycles. The molecule has 3 atom stereocenters. The molecule has 1 N–H and O–H groups in total. The van der Waals surface area contributed by atoms with Crippen molar-refractivity contribution in [3.8, 4) is 0 Å².